The summed E-state index contributed by atoms with van der Waals surface area (Å²) >= 11 is 11.8. The maximum Gasteiger partial charge on any atom is 0.288 e. The zero-order valence-electron chi connectivity index (χ0n) is 13.6. The van der Waals surface area contributed by atoms with E-state index in [4.69, 9.17) is 23.2 Å². The first kappa shape index (κ1) is 19.3. The molecule has 1 heterocycles. The molecule has 0 fully saturated rings. The minimum Gasteiger partial charge on any atom is -0.300 e. The number of anilines is 1. The van der Waals surface area contributed by atoms with Gasteiger partial charge in [0.1, 0.15) is 5.02 Å². The number of sulfone groups is 1. The molecule has 1 aliphatic rings. The third-order valence-electron chi connectivity index (χ3n) is 3.94. The highest BCUT2D eigenvalue weighted by Crippen LogP contribution is 2.30. The van der Waals surface area contributed by atoms with E-state index in [2.05, 4.69) is 0 Å². The fourth-order valence-corrected chi connectivity index (χ4v) is 4.37. The Morgan fingerprint density at radius 3 is 2.52 bits per heavy atom. The Labute approximate surface area is 164 Å². The number of nitro benzene ring substituents is 1. The molecule has 1 unspecified atom stereocenters. The summed E-state index contributed by atoms with van der Waals surface area (Å²) in [7, 11) is -3.44. The van der Waals surface area contributed by atoms with Gasteiger partial charge in [0.05, 0.1) is 16.7 Å². The molecule has 0 bridgehead atoms. The van der Waals surface area contributed by atoms with Crippen LogP contribution in [-0.4, -0.2) is 31.0 Å². The number of amides is 1. The van der Waals surface area contributed by atoms with E-state index < -0.39 is 32.4 Å². The summed E-state index contributed by atoms with van der Waals surface area (Å²) in [5.74, 6) is -0.898. The van der Waals surface area contributed by atoms with Crippen molar-refractivity contribution in [2.24, 2.45) is 0 Å². The molecule has 0 saturated carbocycles. The highest BCUT2D eigenvalue weighted by Gasteiger charge is 2.32. The summed E-state index contributed by atoms with van der Waals surface area (Å²) < 4.78 is 23.7. The van der Waals surface area contributed by atoms with Gasteiger partial charge in [-0.1, -0.05) is 29.3 Å². The van der Waals surface area contributed by atoms with Crippen molar-refractivity contribution >= 4 is 50.3 Å². The fourth-order valence-electron chi connectivity index (χ4n) is 2.73. The summed E-state index contributed by atoms with van der Waals surface area (Å²) in [6.45, 7) is 0. The van der Waals surface area contributed by atoms with Gasteiger partial charge >= 0.3 is 0 Å². The number of halogens is 2. The van der Waals surface area contributed by atoms with Crippen LogP contribution in [0, 0.1) is 10.1 Å². The maximum absolute atomic E-state index is 13.1. The summed E-state index contributed by atoms with van der Waals surface area (Å²) in [5, 5.41) is 12.4. The van der Waals surface area contributed by atoms with Gasteiger partial charge in [0.25, 0.3) is 11.6 Å². The predicted octanol–water partition coefficient (Wildman–Crippen LogP) is 3.86. The van der Waals surface area contributed by atoms with E-state index in [0.29, 0.717) is 10.7 Å². The summed E-state index contributed by atoms with van der Waals surface area (Å²) in [4.78, 5) is 24.8. The molecule has 0 radical (unpaired) electrons. The molecule has 0 aromatic heterocycles. The van der Waals surface area contributed by atoms with Crippen molar-refractivity contribution in [1.29, 1.82) is 0 Å². The molecule has 7 nitrogen and oxygen atoms in total. The first-order chi connectivity index (χ1) is 12.7. The minimum absolute atomic E-state index is 0.00349. The van der Waals surface area contributed by atoms with Gasteiger partial charge in [-0.2, -0.15) is 0 Å². The van der Waals surface area contributed by atoms with Crippen molar-refractivity contribution in [3.8, 4) is 0 Å². The second-order valence-electron chi connectivity index (χ2n) is 5.80. The zero-order valence-corrected chi connectivity index (χ0v) is 15.9. The Hall–Kier alpha value is -2.42. The smallest absolute Gasteiger partial charge is 0.288 e. The van der Waals surface area contributed by atoms with Crippen LogP contribution in [0.1, 0.15) is 10.4 Å². The van der Waals surface area contributed by atoms with Crippen molar-refractivity contribution in [3.63, 3.8) is 0 Å². The second-order valence-corrected chi connectivity index (χ2v) is 8.58. The zero-order chi connectivity index (χ0) is 19.8. The normalized spacial score (nSPS) is 17.6. The standard InChI is InChI=1S/C17H12Cl2N2O5S/c18-12-2-1-3-13(9-12)20(14-6-7-27(25,26)10-14)17(22)11-4-5-15(19)16(8-11)21(23)24/h1-9,14H,10H2. The van der Waals surface area contributed by atoms with Crippen LogP contribution in [0.15, 0.2) is 53.9 Å². The predicted molar refractivity (Wildman–Crippen MR) is 103 cm³/mol. The quantitative estimate of drug-likeness (QED) is 0.545. The molecule has 0 saturated heterocycles. The average Bonchev–Trinajstić information content (AvgIpc) is 2.94. The number of carbonyl (C=O) groups excluding carboxylic acids is 1. The summed E-state index contributed by atoms with van der Waals surface area (Å²) in [5.41, 5.74) is -0.0382. The number of nitrogens with zero attached hydrogens (tertiary/aromatic N) is 2. The molecule has 0 spiro atoms. The van der Waals surface area contributed by atoms with Gasteiger partial charge in [0, 0.05) is 27.7 Å². The molecular formula is C17H12Cl2N2O5S. The largest absolute Gasteiger partial charge is 0.300 e. The van der Waals surface area contributed by atoms with Crippen LogP contribution in [-0.2, 0) is 9.84 Å². The van der Waals surface area contributed by atoms with Gasteiger partial charge in [-0.25, -0.2) is 8.42 Å². The number of nitro groups is 1. The van der Waals surface area contributed by atoms with Gasteiger partial charge in [-0.15, -0.1) is 0 Å². The third-order valence-corrected chi connectivity index (χ3v) is 5.87. The van der Waals surface area contributed by atoms with E-state index in [1.807, 2.05) is 0 Å². The maximum atomic E-state index is 13.1. The van der Waals surface area contributed by atoms with Crippen molar-refractivity contribution < 1.29 is 18.1 Å². The van der Waals surface area contributed by atoms with Gasteiger partial charge in [0.15, 0.2) is 9.84 Å². The number of hydrogen-bond acceptors (Lipinski definition) is 5. The van der Waals surface area contributed by atoms with E-state index in [0.717, 1.165) is 11.5 Å². The Morgan fingerprint density at radius 1 is 1.19 bits per heavy atom. The first-order valence-electron chi connectivity index (χ1n) is 7.62. The number of carbonyl (C=O) groups is 1. The van der Waals surface area contributed by atoms with Crippen LogP contribution < -0.4 is 4.90 Å². The van der Waals surface area contributed by atoms with Crippen LogP contribution in [0.5, 0.6) is 0 Å². The van der Waals surface area contributed by atoms with Crippen LogP contribution in [0.4, 0.5) is 11.4 Å². The Bertz CT molecular complexity index is 1070. The highest BCUT2D eigenvalue weighted by molar-refractivity contribution is 7.94. The Balaban J connectivity index is 2.08. The summed E-state index contributed by atoms with van der Waals surface area (Å²) in [6.07, 6.45) is 1.40. The molecule has 1 aliphatic heterocycles. The molecule has 0 aliphatic carbocycles. The highest BCUT2D eigenvalue weighted by atomic mass is 35.5. The minimum atomic E-state index is -3.44. The van der Waals surface area contributed by atoms with Crippen molar-refractivity contribution in [2.75, 3.05) is 10.7 Å². The van der Waals surface area contributed by atoms with Gasteiger partial charge in [-0.05, 0) is 36.4 Å². The van der Waals surface area contributed by atoms with E-state index in [9.17, 15) is 23.3 Å². The molecule has 0 N–H and O–H groups in total. The van der Waals surface area contributed by atoms with E-state index in [-0.39, 0.29) is 16.3 Å². The summed E-state index contributed by atoms with van der Waals surface area (Å²) in [6, 6.07) is 9.25. The van der Waals surface area contributed by atoms with E-state index >= 15 is 0 Å². The Kier molecular flexibility index (Phi) is 5.23. The lowest BCUT2D eigenvalue weighted by Gasteiger charge is -2.28. The molecule has 2 aromatic carbocycles. The van der Waals surface area contributed by atoms with Crippen molar-refractivity contribution in [2.45, 2.75) is 6.04 Å². The molecule has 10 heteroatoms. The van der Waals surface area contributed by atoms with Crippen LogP contribution >= 0.6 is 23.2 Å². The van der Waals surface area contributed by atoms with Gasteiger partial charge in [0.2, 0.25) is 0 Å². The van der Waals surface area contributed by atoms with Crippen molar-refractivity contribution in [3.05, 3.63) is 79.7 Å². The lowest BCUT2D eigenvalue weighted by molar-refractivity contribution is -0.384. The third kappa shape index (κ3) is 4.13. The first-order valence-corrected chi connectivity index (χ1v) is 10.1. The molecule has 140 valence electrons. The Morgan fingerprint density at radius 2 is 1.93 bits per heavy atom. The molecule has 27 heavy (non-hydrogen) atoms. The average molecular weight is 427 g/mol. The van der Waals surface area contributed by atoms with Crippen LogP contribution in [0.2, 0.25) is 10.0 Å². The molecule has 1 amide bonds. The van der Waals surface area contributed by atoms with E-state index in [1.54, 1.807) is 18.2 Å². The number of benzene rings is 2. The number of hydrogen-bond donors (Lipinski definition) is 0. The lowest BCUT2D eigenvalue weighted by Crippen LogP contribution is -2.41. The second kappa shape index (κ2) is 7.30. The molecule has 2 aromatic rings. The van der Waals surface area contributed by atoms with Crippen LogP contribution in [0.3, 0.4) is 0 Å². The fraction of sp³-hybridized carbons (Fsp3) is 0.118. The molecule has 1 atom stereocenters. The topological polar surface area (TPSA) is 97.6 Å². The SMILES string of the molecule is O=C(c1ccc(Cl)c([N+](=O)[O-])c1)N(c1cccc(Cl)c1)C1C=CS(=O)(=O)C1. The molecular weight excluding hydrogens is 415 g/mol. The lowest BCUT2D eigenvalue weighted by atomic mass is 10.1. The van der Waals surface area contributed by atoms with Gasteiger partial charge in [-0.3, -0.25) is 14.9 Å². The van der Waals surface area contributed by atoms with Crippen LogP contribution in [0.25, 0.3) is 0 Å². The van der Waals surface area contributed by atoms with E-state index in [1.165, 1.54) is 29.2 Å². The number of rotatable bonds is 4. The monoisotopic (exact) mass is 426 g/mol. The van der Waals surface area contributed by atoms with Gasteiger partial charge < -0.3 is 4.90 Å². The van der Waals surface area contributed by atoms with Crippen molar-refractivity contribution in [1.82, 2.24) is 0 Å². The molecule has 3 rings (SSSR count).